The highest BCUT2D eigenvalue weighted by Crippen LogP contribution is 2.42. The molecule has 336 valence electrons. The minimum absolute atomic E-state index is 0. The Balaban J connectivity index is 0.00000592. The number of nitrogens with one attached hydrogen (secondary N) is 2. The number of thioether (sulfide) groups is 1. The van der Waals surface area contributed by atoms with Crippen molar-refractivity contribution < 1.29 is 61.6 Å². The van der Waals surface area contributed by atoms with Crippen LogP contribution in [0.15, 0.2) is 156 Å². The number of aromatic nitrogens is 4. The molecule has 9 rings (SSSR count). The van der Waals surface area contributed by atoms with E-state index in [4.69, 9.17) is 14.3 Å². The van der Waals surface area contributed by atoms with E-state index < -0.39 is 47.3 Å². The molecule has 1 fully saturated rings. The van der Waals surface area contributed by atoms with Crippen LogP contribution in [-0.4, -0.2) is 73.3 Å². The van der Waals surface area contributed by atoms with Crippen molar-refractivity contribution in [2.75, 3.05) is 25.0 Å². The topological polar surface area (TPSA) is 153 Å². The molecule has 5 heterocycles. The molecule has 4 aromatic carbocycles. The highest BCUT2D eigenvalue weighted by Gasteiger charge is 2.54. The number of aryl methyl sites for hydroxylation is 1. The van der Waals surface area contributed by atoms with Crippen molar-refractivity contribution in [3.05, 3.63) is 184 Å². The first-order chi connectivity index (χ1) is 31.8. The number of hydrogen-bond acceptors (Lipinski definition) is 13. The number of esters is 1. The maximum atomic E-state index is 14.1. The van der Waals surface area contributed by atoms with Crippen LogP contribution in [0.1, 0.15) is 33.8 Å². The summed E-state index contributed by atoms with van der Waals surface area (Å²) in [5.74, 6) is -1.30. The summed E-state index contributed by atoms with van der Waals surface area (Å²) in [5, 5.41) is 11.8. The van der Waals surface area contributed by atoms with Gasteiger partial charge in [-0.25, -0.2) is 13.8 Å². The minimum atomic E-state index is -1.33. The SMILES string of the molecule is COc1ccc(COC(=O)C2=C(C=Cc3csc4c[n+](C)cn34)CS[C@@H]3[C@H](NC(=O)/C(=N\OCF)c4nsc(NC(c5ccccc5)(c5ccccc5)c5ccccc5)n4)C(=O)N23)cc1.[I-]. The number of methoxy groups -OCH3 is 1. The highest BCUT2D eigenvalue weighted by molar-refractivity contribution is 8.00. The van der Waals surface area contributed by atoms with E-state index in [0.717, 1.165) is 44.3 Å². The largest absolute Gasteiger partial charge is 1.00 e. The molecule has 2 aliphatic rings. The average Bonchev–Trinajstić information content (AvgIpc) is 4.08. The second-order valence-electron chi connectivity index (χ2n) is 14.8. The van der Waals surface area contributed by atoms with Gasteiger partial charge in [0, 0.05) is 22.7 Å². The number of alkyl halides is 1. The van der Waals surface area contributed by atoms with Gasteiger partial charge >= 0.3 is 5.97 Å². The lowest BCUT2D eigenvalue weighted by molar-refractivity contribution is -0.669. The Morgan fingerprint density at radius 1 is 0.955 bits per heavy atom. The summed E-state index contributed by atoms with van der Waals surface area (Å²) in [7, 11) is 3.51. The van der Waals surface area contributed by atoms with Gasteiger partial charge in [0.25, 0.3) is 18.7 Å². The molecule has 14 nitrogen and oxygen atoms in total. The van der Waals surface area contributed by atoms with E-state index in [-0.39, 0.29) is 42.1 Å². The predicted octanol–water partition coefficient (Wildman–Crippen LogP) is 3.85. The number of carbonyl (C=O) groups is 3. The molecular formula is C47H40FIN8O6S3. The average molecular weight is 1050 g/mol. The van der Waals surface area contributed by atoms with Gasteiger partial charge in [-0.05, 0) is 46.0 Å². The molecule has 2 N–H and O–H groups in total. The molecule has 0 bridgehead atoms. The van der Waals surface area contributed by atoms with Gasteiger partial charge in [-0.15, -0.1) is 11.8 Å². The summed E-state index contributed by atoms with van der Waals surface area (Å²) < 4.78 is 33.0. The summed E-state index contributed by atoms with van der Waals surface area (Å²) in [6, 6.07) is 35.6. The van der Waals surface area contributed by atoms with Gasteiger partial charge in [0.05, 0.1) is 14.2 Å². The molecule has 0 radical (unpaired) electrons. The molecule has 66 heavy (non-hydrogen) atoms. The zero-order valence-electron chi connectivity index (χ0n) is 35.2. The van der Waals surface area contributed by atoms with Gasteiger partial charge in [0.15, 0.2) is 0 Å². The monoisotopic (exact) mass is 1050 g/mol. The standard InChI is InChI=1S/C47H39FN8O6S3.HI/c1-54-24-37-55(29-54)35(27-63-37)21-20-31-26-64-44-39(43(58)56(44)40(31)45(59)61-25-30-18-22-36(60-2)23-19-30)49-42(57)38(52-62-28-48)41-50-46(65-53-41)51-47(32-12-6-3-7-13-32,33-14-8-4-9-15-33)34-16-10-5-11-17-34;/h3-24,27,29,39,44H,25-26,28H2,1-2H3,(H-,49,50,51,53,57);1H/b21-20?,52-38-;/t39-,44-;/m1./s1. The first-order valence-electron chi connectivity index (χ1n) is 20.2. The fraction of sp³-hybridized carbons (Fsp3) is 0.170. The van der Waals surface area contributed by atoms with Gasteiger partial charge in [-0.3, -0.25) is 14.5 Å². The Hall–Kier alpha value is -6.42. The van der Waals surface area contributed by atoms with E-state index in [1.165, 1.54) is 16.7 Å². The fourth-order valence-electron chi connectivity index (χ4n) is 7.77. The van der Waals surface area contributed by atoms with E-state index in [1.54, 1.807) is 42.7 Å². The van der Waals surface area contributed by atoms with E-state index in [1.807, 2.05) is 137 Å². The van der Waals surface area contributed by atoms with Crippen LogP contribution in [0.5, 0.6) is 5.75 Å². The quantitative estimate of drug-likeness (QED) is 0.0278. The predicted molar refractivity (Wildman–Crippen MR) is 247 cm³/mol. The van der Waals surface area contributed by atoms with Crippen LogP contribution in [0.2, 0.25) is 0 Å². The number of allylic oxidation sites excluding steroid dienone is 1. The van der Waals surface area contributed by atoms with Crippen LogP contribution in [0.25, 0.3) is 10.9 Å². The number of β-lactam (4-membered cyclic amide) rings is 1. The molecule has 1 saturated heterocycles. The summed E-state index contributed by atoms with van der Waals surface area (Å²) in [6.45, 7) is -1.38. The third-order valence-corrected chi connectivity index (χ3v) is 13.7. The van der Waals surface area contributed by atoms with Crippen molar-refractivity contribution in [1.29, 1.82) is 0 Å². The first kappa shape index (κ1) is 46.1. The third-order valence-electron chi connectivity index (χ3n) is 10.9. The van der Waals surface area contributed by atoms with Crippen LogP contribution >= 0.6 is 34.6 Å². The smallest absolute Gasteiger partial charge is 0.355 e. The number of amides is 2. The summed E-state index contributed by atoms with van der Waals surface area (Å²) in [4.78, 5) is 54.1. The number of imidazole rings is 1. The molecular weight excluding hydrogens is 1010 g/mol. The number of oxime groups is 1. The summed E-state index contributed by atoms with van der Waals surface area (Å²) >= 11 is 3.92. The number of hydrogen-bond donors (Lipinski definition) is 2. The Kier molecular flexibility index (Phi) is 14.3. The molecule has 0 spiro atoms. The summed E-state index contributed by atoms with van der Waals surface area (Å²) in [5.41, 5.74) is 3.59. The van der Waals surface area contributed by atoms with Crippen molar-refractivity contribution in [3.63, 3.8) is 0 Å². The second kappa shape index (κ2) is 20.4. The molecule has 2 aliphatic heterocycles. The zero-order valence-corrected chi connectivity index (χ0v) is 39.9. The lowest BCUT2D eigenvalue weighted by Crippen LogP contribution is -3.00. The number of carbonyl (C=O) groups excluding carboxylic acids is 3. The Morgan fingerprint density at radius 3 is 2.23 bits per heavy atom. The Bertz CT molecular complexity index is 2850. The number of nitrogens with zero attached hydrogens (tertiary/aromatic N) is 6. The van der Waals surface area contributed by atoms with Crippen LogP contribution in [-0.2, 0) is 43.2 Å². The number of fused-ring (bicyclic) bond motifs is 2. The molecule has 0 saturated carbocycles. The van der Waals surface area contributed by atoms with E-state index in [0.29, 0.717) is 22.2 Å². The zero-order chi connectivity index (χ0) is 44.9. The van der Waals surface area contributed by atoms with Gasteiger partial charge < -0.3 is 48.9 Å². The minimum Gasteiger partial charge on any atom is -1.00 e. The van der Waals surface area contributed by atoms with Crippen molar-refractivity contribution in [1.82, 2.24) is 24.0 Å². The number of ether oxygens (including phenoxy) is 2. The summed E-state index contributed by atoms with van der Waals surface area (Å²) in [6.07, 6.45) is 7.66. The van der Waals surface area contributed by atoms with E-state index in [9.17, 15) is 18.8 Å². The van der Waals surface area contributed by atoms with Crippen molar-refractivity contribution in [2.45, 2.75) is 23.6 Å². The van der Waals surface area contributed by atoms with Crippen LogP contribution in [0.3, 0.4) is 0 Å². The molecule has 0 aliphatic carbocycles. The van der Waals surface area contributed by atoms with Crippen LogP contribution in [0.4, 0.5) is 9.52 Å². The Morgan fingerprint density at radius 2 is 1.61 bits per heavy atom. The van der Waals surface area contributed by atoms with Crippen LogP contribution in [0, 0.1) is 0 Å². The fourth-order valence-corrected chi connectivity index (χ4v) is 10.6. The number of halogens is 2. The highest BCUT2D eigenvalue weighted by atomic mass is 127. The normalized spacial score (nSPS) is 16.1. The molecule has 2 atom stereocenters. The number of benzene rings is 4. The molecule has 2 amide bonds. The van der Waals surface area contributed by atoms with Crippen molar-refractivity contribution in [2.24, 2.45) is 12.2 Å². The third kappa shape index (κ3) is 9.20. The Labute approximate surface area is 408 Å². The van der Waals surface area contributed by atoms with E-state index in [2.05, 4.69) is 25.1 Å². The van der Waals surface area contributed by atoms with Gasteiger partial charge in [-0.2, -0.15) is 13.8 Å². The van der Waals surface area contributed by atoms with E-state index >= 15 is 0 Å². The van der Waals surface area contributed by atoms with Crippen molar-refractivity contribution in [3.8, 4) is 5.75 Å². The van der Waals surface area contributed by atoms with Crippen molar-refractivity contribution >= 4 is 74.2 Å². The molecule has 19 heteroatoms. The lowest BCUT2D eigenvalue weighted by atomic mass is 9.77. The van der Waals surface area contributed by atoms with Gasteiger partial charge in [-0.1, -0.05) is 126 Å². The number of rotatable bonds is 16. The molecule has 0 unspecified atom stereocenters. The van der Waals surface area contributed by atoms with Gasteiger partial charge in [0.2, 0.25) is 27.8 Å². The number of thiazole rings is 1. The van der Waals surface area contributed by atoms with Gasteiger partial charge in [0.1, 0.15) is 46.9 Å². The van der Waals surface area contributed by atoms with Crippen LogP contribution < -0.4 is 43.9 Å². The molecule has 3 aromatic heterocycles. The maximum absolute atomic E-state index is 14.1. The molecule has 7 aromatic rings. The maximum Gasteiger partial charge on any atom is 0.355 e. The first-order valence-corrected chi connectivity index (χ1v) is 22.9. The second-order valence-corrected chi connectivity index (χ2v) is 17.6. The lowest BCUT2D eigenvalue weighted by Gasteiger charge is -2.49. The number of anilines is 1.